The summed E-state index contributed by atoms with van der Waals surface area (Å²) in [6.07, 6.45) is 1.69. The molecule has 4 rings (SSSR count). The van der Waals surface area contributed by atoms with Crippen LogP contribution >= 0.6 is 27.3 Å². The van der Waals surface area contributed by atoms with Gasteiger partial charge in [-0.05, 0) is 36.4 Å². The van der Waals surface area contributed by atoms with Crippen molar-refractivity contribution in [3.63, 3.8) is 0 Å². The number of thiophene rings is 1. The van der Waals surface area contributed by atoms with Crippen LogP contribution in [0.25, 0.3) is 22.1 Å². The summed E-state index contributed by atoms with van der Waals surface area (Å²) >= 11 is 4.74. The molecule has 1 aromatic heterocycles. The third-order valence-electron chi connectivity index (χ3n) is 3.91. The molecule has 2 aromatic carbocycles. The largest absolute Gasteiger partial charge is 0.319 e. The molecule has 0 atom stereocenters. The van der Waals surface area contributed by atoms with E-state index in [-0.39, 0.29) is 17.4 Å². The first-order valence-electron chi connectivity index (χ1n) is 7.41. The SMILES string of the molecule is O=C1Nc2c(F)ccc(Br)c2/C1=C\c1ccc(-c2ccccc2F)s1. The zero-order valence-electron chi connectivity index (χ0n) is 12.6. The molecule has 0 fully saturated rings. The van der Waals surface area contributed by atoms with Crippen molar-refractivity contribution >= 4 is 50.5 Å². The van der Waals surface area contributed by atoms with E-state index in [9.17, 15) is 13.6 Å². The molecular formula is C19H10BrF2NOS. The van der Waals surface area contributed by atoms with Gasteiger partial charge in [-0.2, -0.15) is 0 Å². The normalized spacial score (nSPS) is 14.7. The molecule has 3 aromatic rings. The Balaban J connectivity index is 1.78. The van der Waals surface area contributed by atoms with Gasteiger partial charge in [0.25, 0.3) is 5.91 Å². The molecule has 0 bridgehead atoms. The summed E-state index contributed by atoms with van der Waals surface area (Å²) in [7, 11) is 0. The van der Waals surface area contributed by atoms with Gasteiger partial charge in [0, 0.05) is 25.4 Å². The topological polar surface area (TPSA) is 29.1 Å². The Labute approximate surface area is 154 Å². The number of carbonyl (C=O) groups excluding carboxylic acids is 1. The van der Waals surface area contributed by atoms with Crippen molar-refractivity contribution in [2.45, 2.75) is 0 Å². The molecule has 0 saturated heterocycles. The van der Waals surface area contributed by atoms with E-state index in [0.717, 1.165) is 9.75 Å². The monoisotopic (exact) mass is 417 g/mol. The maximum atomic E-state index is 13.9. The maximum Gasteiger partial charge on any atom is 0.256 e. The molecule has 2 heterocycles. The highest BCUT2D eigenvalue weighted by molar-refractivity contribution is 9.10. The lowest BCUT2D eigenvalue weighted by atomic mass is 10.1. The van der Waals surface area contributed by atoms with Crippen molar-refractivity contribution < 1.29 is 13.6 Å². The third kappa shape index (κ3) is 2.81. The number of hydrogen-bond donors (Lipinski definition) is 1. The van der Waals surface area contributed by atoms with Crippen LogP contribution in [0.2, 0.25) is 0 Å². The molecule has 1 aliphatic heterocycles. The van der Waals surface area contributed by atoms with Crippen molar-refractivity contribution in [1.82, 2.24) is 0 Å². The van der Waals surface area contributed by atoms with E-state index < -0.39 is 5.82 Å². The van der Waals surface area contributed by atoms with Crippen LogP contribution in [0.4, 0.5) is 14.5 Å². The summed E-state index contributed by atoms with van der Waals surface area (Å²) in [5.74, 6) is -1.13. The second-order valence-electron chi connectivity index (χ2n) is 5.47. The number of halogens is 3. The second-order valence-corrected chi connectivity index (χ2v) is 7.44. The standard InChI is InChI=1S/C19H10BrF2NOS/c20-13-6-7-15(22)18-17(13)12(19(24)23-18)9-10-5-8-16(25-10)11-3-1-2-4-14(11)21/h1-9H,(H,23,24)/b12-9+. The Bertz CT molecular complexity index is 1040. The third-order valence-corrected chi connectivity index (χ3v) is 5.64. The van der Waals surface area contributed by atoms with Crippen molar-refractivity contribution in [3.05, 3.63) is 75.1 Å². The van der Waals surface area contributed by atoms with Gasteiger partial charge in [0.1, 0.15) is 11.6 Å². The van der Waals surface area contributed by atoms with Gasteiger partial charge in [0.15, 0.2) is 0 Å². The fraction of sp³-hybridized carbons (Fsp3) is 0. The van der Waals surface area contributed by atoms with E-state index in [2.05, 4.69) is 21.2 Å². The molecule has 0 unspecified atom stereocenters. The van der Waals surface area contributed by atoms with Crippen LogP contribution in [0.15, 0.2) is 53.0 Å². The van der Waals surface area contributed by atoms with Gasteiger partial charge in [-0.15, -0.1) is 11.3 Å². The van der Waals surface area contributed by atoms with Gasteiger partial charge in [-0.3, -0.25) is 4.79 Å². The summed E-state index contributed by atoms with van der Waals surface area (Å²) < 4.78 is 28.5. The minimum absolute atomic E-state index is 0.177. The zero-order chi connectivity index (χ0) is 17.6. The molecule has 6 heteroatoms. The van der Waals surface area contributed by atoms with Crippen LogP contribution in [0.5, 0.6) is 0 Å². The summed E-state index contributed by atoms with van der Waals surface area (Å²) in [5.41, 5.74) is 1.58. The fourth-order valence-electron chi connectivity index (χ4n) is 2.75. The number of benzene rings is 2. The number of anilines is 1. The van der Waals surface area contributed by atoms with Crippen LogP contribution in [-0.2, 0) is 4.79 Å². The van der Waals surface area contributed by atoms with E-state index in [4.69, 9.17) is 0 Å². The minimum atomic E-state index is -0.479. The molecule has 1 amide bonds. The predicted molar refractivity (Wildman–Crippen MR) is 100 cm³/mol. The van der Waals surface area contributed by atoms with E-state index >= 15 is 0 Å². The highest BCUT2D eigenvalue weighted by Gasteiger charge is 2.29. The summed E-state index contributed by atoms with van der Waals surface area (Å²) in [4.78, 5) is 13.8. The van der Waals surface area contributed by atoms with E-state index in [1.54, 1.807) is 30.3 Å². The van der Waals surface area contributed by atoms with Gasteiger partial charge < -0.3 is 5.32 Å². The smallest absolute Gasteiger partial charge is 0.256 e. The Hall–Kier alpha value is -2.31. The summed E-state index contributed by atoms with van der Waals surface area (Å²) in [6, 6.07) is 13.0. The van der Waals surface area contributed by atoms with Crippen molar-refractivity contribution in [3.8, 4) is 10.4 Å². The first-order chi connectivity index (χ1) is 12.0. The highest BCUT2D eigenvalue weighted by Crippen LogP contribution is 2.41. The number of hydrogen-bond acceptors (Lipinski definition) is 2. The van der Waals surface area contributed by atoms with Crippen LogP contribution in [0.3, 0.4) is 0 Å². The first-order valence-corrected chi connectivity index (χ1v) is 9.01. The van der Waals surface area contributed by atoms with Crippen LogP contribution < -0.4 is 5.32 Å². The van der Waals surface area contributed by atoms with Gasteiger partial charge in [0.05, 0.1) is 11.3 Å². The van der Waals surface area contributed by atoms with Gasteiger partial charge in [-0.25, -0.2) is 8.78 Å². The van der Waals surface area contributed by atoms with Crippen molar-refractivity contribution in [2.24, 2.45) is 0 Å². The lowest BCUT2D eigenvalue weighted by Gasteiger charge is -2.02. The average Bonchev–Trinajstić information content (AvgIpc) is 3.18. The van der Waals surface area contributed by atoms with Crippen LogP contribution in [0, 0.1) is 11.6 Å². The molecule has 1 aliphatic rings. The second kappa shape index (κ2) is 6.20. The van der Waals surface area contributed by atoms with E-state index in [1.165, 1.54) is 23.5 Å². The number of carbonyl (C=O) groups is 1. The number of rotatable bonds is 2. The molecule has 0 saturated carbocycles. The van der Waals surface area contributed by atoms with Crippen LogP contribution in [-0.4, -0.2) is 5.91 Å². The molecule has 0 spiro atoms. The Kier molecular flexibility index (Phi) is 4.01. The van der Waals surface area contributed by atoms with Crippen molar-refractivity contribution in [2.75, 3.05) is 5.32 Å². The molecular weight excluding hydrogens is 408 g/mol. The number of fused-ring (bicyclic) bond motifs is 1. The Morgan fingerprint density at radius 3 is 2.60 bits per heavy atom. The molecule has 25 heavy (non-hydrogen) atoms. The van der Waals surface area contributed by atoms with E-state index in [0.29, 0.717) is 21.2 Å². The summed E-state index contributed by atoms with van der Waals surface area (Å²) in [5, 5.41) is 2.56. The lowest BCUT2D eigenvalue weighted by Crippen LogP contribution is -2.04. The average molecular weight is 418 g/mol. The molecule has 2 nitrogen and oxygen atoms in total. The summed E-state index contributed by atoms with van der Waals surface area (Å²) in [6.45, 7) is 0. The van der Waals surface area contributed by atoms with Gasteiger partial charge >= 0.3 is 0 Å². The Morgan fingerprint density at radius 2 is 1.80 bits per heavy atom. The predicted octanol–water partition coefficient (Wildman–Crippen LogP) is 5.95. The van der Waals surface area contributed by atoms with Gasteiger partial charge in [0.2, 0.25) is 0 Å². The van der Waals surface area contributed by atoms with Gasteiger partial charge in [-0.1, -0.05) is 34.1 Å². The molecule has 124 valence electrons. The Morgan fingerprint density at radius 1 is 1.00 bits per heavy atom. The highest BCUT2D eigenvalue weighted by atomic mass is 79.9. The first kappa shape index (κ1) is 16.2. The molecule has 0 aliphatic carbocycles. The number of amides is 1. The van der Waals surface area contributed by atoms with Crippen molar-refractivity contribution in [1.29, 1.82) is 0 Å². The molecule has 0 radical (unpaired) electrons. The quantitative estimate of drug-likeness (QED) is 0.512. The van der Waals surface area contributed by atoms with E-state index in [1.807, 2.05) is 12.1 Å². The maximum absolute atomic E-state index is 13.9. The minimum Gasteiger partial charge on any atom is -0.319 e. The fourth-order valence-corrected chi connectivity index (χ4v) is 4.27. The molecule has 1 N–H and O–H groups in total. The van der Waals surface area contributed by atoms with Crippen LogP contribution in [0.1, 0.15) is 10.4 Å². The lowest BCUT2D eigenvalue weighted by molar-refractivity contribution is -0.110. The number of nitrogens with one attached hydrogen (secondary N) is 1. The zero-order valence-corrected chi connectivity index (χ0v) is 15.0.